The molecule has 0 radical (unpaired) electrons. The third-order valence-corrected chi connectivity index (χ3v) is 5.23. The van der Waals surface area contributed by atoms with Gasteiger partial charge in [-0.15, -0.1) is 0 Å². The number of nitrogens with one attached hydrogen (secondary N) is 1. The molecule has 0 spiro atoms. The third-order valence-electron chi connectivity index (χ3n) is 5.23. The van der Waals surface area contributed by atoms with E-state index in [1.54, 1.807) is 6.20 Å². The van der Waals surface area contributed by atoms with Gasteiger partial charge in [0.05, 0.1) is 18.7 Å². The molecule has 0 saturated carbocycles. The molecule has 9 nitrogen and oxygen atoms in total. The number of nitrogen functional groups attached to an aromatic ring is 1. The van der Waals surface area contributed by atoms with Crippen molar-refractivity contribution in [1.29, 1.82) is 0 Å². The fraction of sp³-hybridized carbons (Fsp3) is 0.350. The van der Waals surface area contributed by atoms with Gasteiger partial charge in [0.1, 0.15) is 36.1 Å². The second kappa shape index (κ2) is 7.11. The first-order chi connectivity index (χ1) is 14.1. The molecule has 0 amide bonds. The lowest BCUT2D eigenvalue weighted by Crippen LogP contribution is -2.34. The van der Waals surface area contributed by atoms with E-state index >= 15 is 0 Å². The molecule has 2 saturated heterocycles. The Balaban J connectivity index is 1.45. The zero-order valence-electron chi connectivity index (χ0n) is 15.8. The molecule has 2 aromatic heterocycles. The smallest absolute Gasteiger partial charge is 0.238 e. The number of nitrogens with zero attached hydrogens (tertiary/aromatic N) is 3. The van der Waals surface area contributed by atoms with Crippen molar-refractivity contribution in [1.82, 2.24) is 15.0 Å². The van der Waals surface area contributed by atoms with Crippen molar-refractivity contribution >= 4 is 28.1 Å². The Morgan fingerprint density at radius 3 is 2.93 bits per heavy atom. The Kier molecular flexibility index (Phi) is 4.42. The predicted octanol–water partition coefficient (Wildman–Crippen LogP) is 1.56. The highest BCUT2D eigenvalue weighted by atomic mass is 16.6. The summed E-state index contributed by atoms with van der Waals surface area (Å²) in [5, 5.41) is 14.1. The molecule has 29 heavy (non-hydrogen) atoms. The number of pyridine rings is 1. The highest BCUT2D eigenvalue weighted by Crippen LogP contribution is 2.34. The van der Waals surface area contributed by atoms with Gasteiger partial charge in [-0.2, -0.15) is 0 Å². The minimum Gasteiger partial charge on any atom is -0.468 e. The molecule has 0 aliphatic carbocycles. The monoisotopic (exact) mass is 395 g/mol. The van der Waals surface area contributed by atoms with Crippen molar-refractivity contribution in [3.05, 3.63) is 42.4 Å². The fourth-order valence-electron chi connectivity index (χ4n) is 3.91. The van der Waals surface area contributed by atoms with Crippen LogP contribution in [0.2, 0.25) is 0 Å². The molecule has 4 N–H and O–H groups in total. The average Bonchev–Trinajstić information content (AvgIpc) is 3.26. The van der Waals surface area contributed by atoms with E-state index in [1.807, 2.05) is 31.2 Å². The van der Waals surface area contributed by atoms with Gasteiger partial charge in [-0.1, -0.05) is 0 Å². The molecule has 3 aromatic rings. The van der Waals surface area contributed by atoms with Gasteiger partial charge >= 0.3 is 0 Å². The Morgan fingerprint density at radius 2 is 2.03 bits per heavy atom. The first-order valence-electron chi connectivity index (χ1n) is 9.41. The van der Waals surface area contributed by atoms with Crippen LogP contribution in [0.4, 0.5) is 17.2 Å². The molecule has 1 aromatic carbocycles. The van der Waals surface area contributed by atoms with E-state index in [9.17, 15) is 5.11 Å². The topological polar surface area (TPSA) is 125 Å². The van der Waals surface area contributed by atoms with Crippen LogP contribution in [0, 0.1) is 6.92 Å². The van der Waals surface area contributed by atoms with Crippen LogP contribution < -0.4 is 15.8 Å². The number of hydrogen-bond acceptors (Lipinski definition) is 9. The standard InChI is InChI=1S/C20H21N5O4/c1-10-5-11(21)6-13-16(10)19(24-9-23-13)25-12-3-2-4-22-20(12)29-15-8-28-17-14(26)7-27-18(15)17/h2-6,9,14-15,17-18,26H,7-8,21H2,1H3,(H,23,24,25). The Labute approximate surface area is 166 Å². The number of aromatic nitrogens is 3. The molecule has 150 valence electrons. The number of anilines is 3. The number of benzene rings is 1. The summed E-state index contributed by atoms with van der Waals surface area (Å²) in [6, 6.07) is 7.37. The lowest BCUT2D eigenvalue weighted by atomic mass is 10.1. The number of hydrogen-bond donors (Lipinski definition) is 3. The van der Waals surface area contributed by atoms with Gasteiger partial charge in [0.25, 0.3) is 0 Å². The third kappa shape index (κ3) is 3.23. The van der Waals surface area contributed by atoms with E-state index in [0.717, 1.165) is 16.5 Å². The molecule has 4 heterocycles. The van der Waals surface area contributed by atoms with Crippen molar-refractivity contribution in [3.8, 4) is 5.88 Å². The molecule has 0 bridgehead atoms. The lowest BCUT2D eigenvalue weighted by molar-refractivity contribution is 0.00795. The van der Waals surface area contributed by atoms with Crippen molar-refractivity contribution in [2.75, 3.05) is 24.3 Å². The highest BCUT2D eigenvalue weighted by Gasteiger charge is 2.48. The molecule has 5 rings (SSSR count). The summed E-state index contributed by atoms with van der Waals surface area (Å²) in [7, 11) is 0. The number of rotatable bonds is 4. The SMILES string of the molecule is Cc1cc(N)cc2ncnc(Nc3cccnc3OC3COC4C(O)COC34)c12. The average molecular weight is 395 g/mol. The molecular weight excluding hydrogens is 374 g/mol. The Morgan fingerprint density at radius 1 is 1.17 bits per heavy atom. The quantitative estimate of drug-likeness (QED) is 0.564. The van der Waals surface area contributed by atoms with Crippen molar-refractivity contribution < 1.29 is 19.3 Å². The van der Waals surface area contributed by atoms with Crippen molar-refractivity contribution in [2.45, 2.75) is 31.3 Å². The van der Waals surface area contributed by atoms with Crippen LogP contribution in [-0.4, -0.2) is 57.7 Å². The van der Waals surface area contributed by atoms with E-state index in [1.165, 1.54) is 6.33 Å². The number of aliphatic hydroxyl groups is 1. The first kappa shape index (κ1) is 18.0. The summed E-state index contributed by atoms with van der Waals surface area (Å²) in [6.45, 7) is 2.54. The lowest BCUT2D eigenvalue weighted by Gasteiger charge is -2.19. The second-order valence-corrected chi connectivity index (χ2v) is 7.25. The number of aliphatic hydroxyl groups excluding tert-OH is 1. The highest BCUT2D eigenvalue weighted by molar-refractivity contribution is 5.95. The van der Waals surface area contributed by atoms with Crippen molar-refractivity contribution in [3.63, 3.8) is 0 Å². The minimum atomic E-state index is -0.627. The van der Waals surface area contributed by atoms with E-state index in [0.29, 0.717) is 29.7 Å². The van der Waals surface area contributed by atoms with Crippen LogP contribution in [0.1, 0.15) is 5.56 Å². The summed E-state index contributed by atoms with van der Waals surface area (Å²) in [5.41, 5.74) is 8.98. The van der Waals surface area contributed by atoms with E-state index in [-0.39, 0.29) is 24.9 Å². The maximum Gasteiger partial charge on any atom is 0.238 e. The van der Waals surface area contributed by atoms with Gasteiger partial charge in [0, 0.05) is 17.3 Å². The van der Waals surface area contributed by atoms with Gasteiger partial charge in [-0.3, -0.25) is 0 Å². The summed E-state index contributed by atoms with van der Waals surface area (Å²) < 4.78 is 17.4. The molecular formula is C20H21N5O4. The Bertz CT molecular complexity index is 1060. The maximum atomic E-state index is 9.92. The first-order valence-corrected chi connectivity index (χ1v) is 9.41. The van der Waals surface area contributed by atoms with Gasteiger partial charge in [-0.25, -0.2) is 15.0 Å². The molecule has 2 aliphatic heterocycles. The summed E-state index contributed by atoms with van der Waals surface area (Å²) in [5.74, 6) is 1.05. The van der Waals surface area contributed by atoms with Crippen LogP contribution >= 0.6 is 0 Å². The van der Waals surface area contributed by atoms with Crippen LogP contribution in [0.15, 0.2) is 36.8 Å². The van der Waals surface area contributed by atoms with Crippen LogP contribution in [0.5, 0.6) is 5.88 Å². The summed E-state index contributed by atoms with van der Waals surface area (Å²) in [4.78, 5) is 13.1. The number of fused-ring (bicyclic) bond motifs is 2. The number of ether oxygens (including phenoxy) is 3. The predicted molar refractivity (Wildman–Crippen MR) is 106 cm³/mol. The second-order valence-electron chi connectivity index (χ2n) is 7.25. The van der Waals surface area contributed by atoms with Gasteiger partial charge in [0.2, 0.25) is 5.88 Å². The molecule has 9 heteroatoms. The van der Waals surface area contributed by atoms with E-state index < -0.39 is 6.10 Å². The Hall–Kier alpha value is -3.01. The van der Waals surface area contributed by atoms with Crippen LogP contribution in [-0.2, 0) is 9.47 Å². The van der Waals surface area contributed by atoms with Crippen molar-refractivity contribution in [2.24, 2.45) is 0 Å². The zero-order chi connectivity index (χ0) is 20.0. The maximum absolute atomic E-state index is 9.92. The largest absolute Gasteiger partial charge is 0.468 e. The van der Waals surface area contributed by atoms with Crippen LogP contribution in [0.3, 0.4) is 0 Å². The fourth-order valence-corrected chi connectivity index (χ4v) is 3.91. The zero-order valence-corrected chi connectivity index (χ0v) is 15.8. The summed E-state index contributed by atoms with van der Waals surface area (Å²) in [6.07, 6.45) is 1.49. The molecule has 4 unspecified atom stereocenters. The van der Waals surface area contributed by atoms with E-state index in [2.05, 4.69) is 20.3 Å². The molecule has 4 atom stereocenters. The summed E-state index contributed by atoms with van der Waals surface area (Å²) >= 11 is 0. The molecule has 2 aliphatic rings. The van der Waals surface area contributed by atoms with Gasteiger partial charge in [0.15, 0.2) is 6.10 Å². The minimum absolute atomic E-state index is 0.248. The van der Waals surface area contributed by atoms with Crippen LogP contribution in [0.25, 0.3) is 10.9 Å². The van der Waals surface area contributed by atoms with Gasteiger partial charge < -0.3 is 30.4 Å². The molecule has 2 fully saturated rings. The number of nitrogens with two attached hydrogens (primary N) is 1. The normalized spacial score (nSPS) is 25.9. The van der Waals surface area contributed by atoms with E-state index in [4.69, 9.17) is 19.9 Å². The number of aryl methyl sites for hydroxylation is 1. The van der Waals surface area contributed by atoms with Gasteiger partial charge in [-0.05, 0) is 36.8 Å².